The first-order valence-corrected chi connectivity index (χ1v) is 12.0. The molecule has 0 bridgehead atoms. The first-order chi connectivity index (χ1) is 16.7. The Morgan fingerprint density at radius 3 is 2.66 bits per heavy atom. The van der Waals surface area contributed by atoms with Crippen LogP contribution in [0, 0.1) is 5.82 Å². The van der Waals surface area contributed by atoms with Gasteiger partial charge in [-0.1, -0.05) is 48.6 Å². The second-order valence-corrected chi connectivity index (χ2v) is 9.13. The molecular weight excluding hydrogens is 475 g/mol. The van der Waals surface area contributed by atoms with E-state index in [0.29, 0.717) is 0 Å². The normalized spacial score (nSPS) is 21.8. The molecule has 1 aliphatic carbocycles. The van der Waals surface area contributed by atoms with Crippen LogP contribution in [0.3, 0.4) is 0 Å². The summed E-state index contributed by atoms with van der Waals surface area (Å²) in [5.41, 5.74) is 0.911. The molecule has 0 radical (unpaired) electrons. The first-order valence-electron chi connectivity index (χ1n) is 11.0. The number of carbonyl (C=O) groups excluding carboxylic acids is 2. The van der Waals surface area contributed by atoms with Crippen LogP contribution in [0.4, 0.5) is 4.39 Å². The highest BCUT2D eigenvalue weighted by Gasteiger charge is 2.38. The van der Waals surface area contributed by atoms with Crippen LogP contribution in [-0.4, -0.2) is 82.4 Å². The summed E-state index contributed by atoms with van der Waals surface area (Å²) >= 11 is 1.42. The Morgan fingerprint density at radius 2 is 1.94 bits per heavy atom. The minimum atomic E-state index is -1.83. The van der Waals surface area contributed by atoms with Crippen molar-refractivity contribution in [2.45, 2.75) is 36.9 Å². The molecule has 5 atom stereocenters. The molecule has 0 fully saturated rings. The summed E-state index contributed by atoms with van der Waals surface area (Å²) < 4.78 is 18.8. The van der Waals surface area contributed by atoms with Gasteiger partial charge in [0.05, 0.1) is 5.70 Å². The zero-order valence-electron chi connectivity index (χ0n) is 19.4. The van der Waals surface area contributed by atoms with E-state index in [9.17, 15) is 29.3 Å². The predicted molar refractivity (Wildman–Crippen MR) is 131 cm³/mol. The zero-order chi connectivity index (χ0) is 25.5. The van der Waals surface area contributed by atoms with Crippen LogP contribution >= 0.6 is 11.8 Å². The average molecular weight is 505 g/mol. The highest BCUT2D eigenvalue weighted by molar-refractivity contribution is 8.03. The van der Waals surface area contributed by atoms with Crippen molar-refractivity contribution in [1.82, 2.24) is 10.2 Å². The second kappa shape index (κ2) is 12.3. The van der Waals surface area contributed by atoms with E-state index < -0.39 is 42.2 Å². The van der Waals surface area contributed by atoms with Crippen molar-refractivity contribution in [3.05, 3.63) is 76.6 Å². The average Bonchev–Trinajstić information content (AvgIpc) is 3.14. The molecule has 1 aromatic rings. The summed E-state index contributed by atoms with van der Waals surface area (Å²) in [5.74, 6) is -1.42. The van der Waals surface area contributed by atoms with Crippen LogP contribution in [0.1, 0.15) is 12.0 Å². The van der Waals surface area contributed by atoms with Crippen molar-refractivity contribution >= 4 is 29.7 Å². The lowest BCUT2D eigenvalue weighted by atomic mass is 10.0. The van der Waals surface area contributed by atoms with E-state index in [1.807, 2.05) is 24.3 Å². The van der Waals surface area contributed by atoms with E-state index in [1.54, 1.807) is 13.1 Å². The second-order valence-electron chi connectivity index (χ2n) is 8.07. The van der Waals surface area contributed by atoms with E-state index in [0.717, 1.165) is 30.2 Å². The van der Waals surface area contributed by atoms with Gasteiger partial charge in [0, 0.05) is 30.4 Å². The SMILES string of the molecule is COC(C(=O)NC1CSC2=C(C=CCC=C2)N(C)C1=O)[C@H](O)[C@@H](O)[C@H](O)/C=C/c1ccccc1F. The van der Waals surface area contributed by atoms with E-state index in [4.69, 9.17) is 4.74 Å². The van der Waals surface area contributed by atoms with Gasteiger partial charge in [-0.15, -0.1) is 11.8 Å². The van der Waals surface area contributed by atoms with Crippen molar-refractivity contribution in [1.29, 1.82) is 0 Å². The molecule has 2 aliphatic rings. The third kappa shape index (κ3) is 6.47. The molecule has 1 aromatic carbocycles. The lowest BCUT2D eigenvalue weighted by molar-refractivity contribution is -0.151. The van der Waals surface area contributed by atoms with Gasteiger partial charge in [0.1, 0.15) is 30.2 Å². The maximum Gasteiger partial charge on any atom is 0.252 e. The van der Waals surface area contributed by atoms with Crippen LogP contribution in [0.25, 0.3) is 6.08 Å². The van der Waals surface area contributed by atoms with Gasteiger partial charge in [0.15, 0.2) is 6.10 Å². The van der Waals surface area contributed by atoms with Crippen molar-refractivity contribution in [2.75, 3.05) is 19.9 Å². The quantitative estimate of drug-likeness (QED) is 0.422. The van der Waals surface area contributed by atoms with Crippen LogP contribution in [0.2, 0.25) is 0 Å². The summed E-state index contributed by atoms with van der Waals surface area (Å²) in [5, 5.41) is 33.8. The molecule has 10 heteroatoms. The summed E-state index contributed by atoms with van der Waals surface area (Å²) in [6.07, 6.45) is 4.00. The minimum absolute atomic E-state index is 0.180. The van der Waals surface area contributed by atoms with Gasteiger partial charge >= 0.3 is 0 Å². The van der Waals surface area contributed by atoms with E-state index in [1.165, 1.54) is 40.9 Å². The Kier molecular flexibility index (Phi) is 9.41. The van der Waals surface area contributed by atoms with Gasteiger partial charge in [-0.25, -0.2) is 4.39 Å². The lowest BCUT2D eigenvalue weighted by Gasteiger charge is -2.28. The van der Waals surface area contributed by atoms with Gasteiger partial charge < -0.3 is 30.3 Å². The highest BCUT2D eigenvalue weighted by atomic mass is 32.2. The van der Waals surface area contributed by atoms with Crippen molar-refractivity contribution < 1.29 is 34.0 Å². The lowest BCUT2D eigenvalue weighted by Crippen LogP contribution is -2.56. The summed E-state index contributed by atoms with van der Waals surface area (Å²) in [7, 11) is 2.79. The van der Waals surface area contributed by atoms with E-state index in [-0.39, 0.29) is 17.2 Å². The van der Waals surface area contributed by atoms with Crippen LogP contribution in [0.15, 0.2) is 65.2 Å². The Labute approximate surface area is 207 Å². The molecule has 2 unspecified atom stereocenters. The summed E-state index contributed by atoms with van der Waals surface area (Å²) in [6.45, 7) is 0. The smallest absolute Gasteiger partial charge is 0.252 e. The number of likely N-dealkylation sites (N-methyl/N-ethyl adjacent to an activating group) is 1. The fourth-order valence-electron chi connectivity index (χ4n) is 3.66. The topological polar surface area (TPSA) is 119 Å². The third-order valence-electron chi connectivity index (χ3n) is 5.68. The standard InChI is InChI=1S/C25H29FN2O6S/c1-28-18-10-4-3-5-11-20(18)35-14-17(25(28)33)27-24(32)23(34-2)22(31)21(30)19(29)13-12-15-8-6-7-9-16(15)26/h4-13,17,19,21-23,29-31H,3,14H2,1-2H3,(H,27,32)/b13-12+/t17?,19-,21+,22-,23?/m1/s1. The maximum atomic E-state index is 13.8. The molecule has 8 nitrogen and oxygen atoms in total. The Morgan fingerprint density at radius 1 is 1.23 bits per heavy atom. The number of ether oxygens (including phenoxy) is 1. The van der Waals surface area contributed by atoms with Gasteiger partial charge in [-0.3, -0.25) is 9.59 Å². The molecule has 0 saturated carbocycles. The Hall–Kier alpha value is -2.76. The fourth-order valence-corrected chi connectivity index (χ4v) is 4.78. The van der Waals surface area contributed by atoms with Gasteiger partial charge in [-0.2, -0.15) is 0 Å². The Balaban J connectivity index is 1.66. The summed E-state index contributed by atoms with van der Waals surface area (Å²) in [6, 6.07) is 4.94. The first kappa shape index (κ1) is 26.8. The van der Waals surface area contributed by atoms with Crippen molar-refractivity contribution in [3.8, 4) is 0 Å². The predicted octanol–water partition coefficient (Wildman–Crippen LogP) is 1.35. The number of halogens is 1. The van der Waals surface area contributed by atoms with Gasteiger partial charge in [0.25, 0.3) is 5.91 Å². The Bertz CT molecular complexity index is 1060. The molecule has 1 heterocycles. The monoisotopic (exact) mass is 504 g/mol. The molecule has 35 heavy (non-hydrogen) atoms. The van der Waals surface area contributed by atoms with Crippen LogP contribution in [0.5, 0.6) is 0 Å². The molecule has 0 spiro atoms. The number of methoxy groups -OCH3 is 1. The number of hydrogen-bond acceptors (Lipinski definition) is 7. The molecule has 0 aromatic heterocycles. The number of rotatable bonds is 8. The maximum absolute atomic E-state index is 13.8. The number of benzene rings is 1. The number of allylic oxidation sites excluding steroid dienone is 4. The zero-order valence-corrected chi connectivity index (χ0v) is 20.2. The van der Waals surface area contributed by atoms with Crippen LogP contribution < -0.4 is 5.32 Å². The number of nitrogens with zero attached hydrogens (tertiary/aromatic N) is 1. The molecular formula is C25H29FN2O6S. The number of hydrogen-bond donors (Lipinski definition) is 4. The molecule has 1 aliphatic heterocycles. The highest BCUT2D eigenvalue weighted by Crippen LogP contribution is 2.30. The van der Waals surface area contributed by atoms with Crippen molar-refractivity contribution in [3.63, 3.8) is 0 Å². The van der Waals surface area contributed by atoms with Crippen molar-refractivity contribution in [2.24, 2.45) is 0 Å². The fraction of sp³-hybridized carbons (Fsp3) is 0.360. The van der Waals surface area contributed by atoms with E-state index >= 15 is 0 Å². The van der Waals surface area contributed by atoms with E-state index in [2.05, 4.69) is 5.32 Å². The van der Waals surface area contributed by atoms with Crippen LogP contribution in [-0.2, 0) is 14.3 Å². The number of aliphatic hydroxyl groups excluding tert-OH is 3. The number of nitrogens with one attached hydrogen (secondary N) is 1. The number of carbonyl (C=O) groups is 2. The molecule has 3 rings (SSSR count). The number of amides is 2. The third-order valence-corrected chi connectivity index (χ3v) is 6.84. The summed E-state index contributed by atoms with van der Waals surface area (Å²) in [4.78, 5) is 28.2. The molecule has 2 amide bonds. The number of aliphatic hydroxyl groups is 3. The van der Waals surface area contributed by atoms with Gasteiger partial charge in [-0.05, 0) is 18.6 Å². The molecule has 188 valence electrons. The minimum Gasteiger partial charge on any atom is -0.387 e. The van der Waals surface area contributed by atoms with Gasteiger partial charge in [0.2, 0.25) is 5.91 Å². The number of thioether (sulfide) groups is 1. The molecule has 4 N–H and O–H groups in total. The largest absolute Gasteiger partial charge is 0.387 e. The molecule has 0 saturated heterocycles.